The van der Waals surface area contributed by atoms with Crippen molar-refractivity contribution in [3.63, 3.8) is 0 Å². The summed E-state index contributed by atoms with van der Waals surface area (Å²) in [6, 6.07) is 8.32. The first-order valence-corrected chi connectivity index (χ1v) is 16.5. The number of thioether (sulfide) groups is 1. The number of hydrogen-bond acceptors (Lipinski definition) is 6. The Kier molecular flexibility index (Phi) is 10.2. The van der Waals surface area contributed by atoms with E-state index < -0.39 is 34.2 Å². The fourth-order valence-electron chi connectivity index (χ4n) is 7.97. The number of aliphatic hydroxyl groups excluding tert-OH is 1. The molecule has 0 aromatic heterocycles. The van der Waals surface area contributed by atoms with Gasteiger partial charge in [0.05, 0.1) is 35.8 Å². The first-order valence-electron chi connectivity index (χ1n) is 15.7. The van der Waals surface area contributed by atoms with Crippen LogP contribution in [0.1, 0.15) is 72.3 Å². The number of ether oxygens (including phenoxy) is 1. The molecule has 3 aliphatic heterocycles. The SMILES string of the molecule is C=CCCCOC(=O)[C@@H]1[C@H]2C(=O)N([C@@H](CO)Cc3ccccc3)C(C(=O)N(CC=C)C(C)(C)CC(C)(C)C)C23CC[C@H]1S3. The van der Waals surface area contributed by atoms with Gasteiger partial charge in [-0.1, -0.05) is 63.3 Å². The minimum absolute atomic E-state index is 0.0445. The number of carbonyl (C=O) groups excluding carboxylic acids is 3. The Morgan fingerprint density at radius 1 is 1.19 bits per heavy atom. The second-order valence-electron chi connectivity index (χ2n) is 14.2. The van der Waals surface area contributed by atoms with Crippen LogP contribution in [0.3, 0.4) is 0 Å². The fourth-order valence-corrected chi connectivity index (χ4v) is 10.2. The summed E-state index contributed by atoms with van der Waals surface area (Å²) in [5.74, 6) is -1.98. The Morgan fingerprint density at radius 3 is 2.49 bits per heavy atom. The summed E-state index contributed by atoms with van der Waals surface area (Å²) >= 11 is 1.63. The molecule has 1 aromatic rings. The van der Waals surface area contributed by atoms with Crippen molar-refractivity contribution in [1.82, 2.24) is 9.80 Å². The lowest BCUT2D eigenvalue weighted by Gasteiger charge is -2.46. The molecule has 8 heteroatoms. The lowest BCUT2D eigenvalue weighted by molar-refractivity contribution is -0.154. The highest BCUT2D eigenvalue weighted by Crippen LogP contribution is 2.67. The Morgan fingerprint density at radius 2 is 1.88 bits per heavy atom. The van der Waals surface area contributed by atoms with Gasteiger partial charge in [-0.15, -0.1) is 24.9 Å². The lowest BCUT2D eigenvalue weighted by Crippen LogP contribution is -2.61. The van der Waals surface area contributed by atoms with Crippen LogP contribution in [0, 0.1) is 17.3 Å². The number of rotatable bonds is 14. The Balaban J connectivity index is 1.77. The Hall–Kier alpha value is -2.58. The second kappa shape index (κ2) is 13.2. The number of esters is 1. The molecule has 0 radical (unpaired) electrons. The zero-order valence-electron chi connectivity index (χ0n) is 26.6. The number of allylic oxidation sites excluding steroid dienone is 1. The molecule has 4 rings (SSSR count). The minimum atomic E-state index is -0.807. The average Bonchev–Trinajstić information content (AvgIpc) is 3.59. The van der Waals surface area contributed by atoms with E-state index >= 15 is 4.79 Å². The minimum Gasteiger partial charge on any atom is -0.465 e. The molecule has 236 valence electrons. The fraction of sp³-hybridized carbons (Fsp3) is 0.629. The standard InChI is InChI=1S/C35H50N2O5S/c1-8-10-14-20-42-32(41)27-26-17-18-35(43-26)28(27)30(39)37(25(22-38)21-24-15-12-11-13-16-24)29(35)31(40)36(19-9-2)34(6,7)23-33(3,4)5/h8-9,11-13,15-16,25-29,38H,1-2,10,14,17-23H2,3-7H3/t25-,26-,27+,28+,29?,35?/m1/s1. The van der Waals surface area contributed by atoms with E-state index in [1.54, 1.807) is 28.8 Å². The van der Waals surface area contributed by atoms with Crippen molar-refractivity contribution in [2.45, 2.75) is 101 Å². The van der Waals surface area contributed by atoms with Crippen molar-refractivity contribution in [3.05, 3.63) is 61.2 Å². The van der Waals surface area contributed by atoms with Crippen molar-refractivity contribution in [1.29, 1.82) is 0 Å². The summed E-state index contributed by atoms with van der Waals surface area (Å²) in [5.41, 5.74) is 0.407. The molecule has 6 atom stereocenters. The molecule has 3 heterocycles. The zero-order valence-corrected chi connectivity index (χ0v) is 27.4. The maximum atomic E-state index is 15.0. The van der Waals surface area contributed by atoms with E-state index in [1.807, 2.05) is 35.2 Å². The van der Waals surface area contributed by atoms with E-state index in [-0.39, 0.29) is 41.7 Å². The van der Waals surface area contributed by atoms with Crippen LogP contribution in [0.25, 0.3) is 0 Å². The average molecular weight is 611 g/mol. The number of likely N-dealkylation sites (tertiary alicyclic amines) is 1. The molecular formula is C35H50N2O5S. The summed E-state index contributed by atoms with van der Waals surface area (Å²) < 4.78 is 4.95. The normalized spacial score (nSPS) is 27.1. The molecule has 1 aromatic carbocycles. The van der Waals surface area contributed by atoms with E-state index in [1.165, 1.54) is 0 Å². The molecule has 3 fully saturated rings. The van der Waals surface area contributed by atoms with Crippen molar-refractivity contribution in [2.24, 2.45) is 17.3 Å². The molecule has 2 amide bonds. The van der Waals surface area contributed by atoms with Gasteiger partial charge >= 0.3 is 5.97 Å². The number of carbonyl (C=O) groups is 3. The van der Waals surface area contributed by atoms with Gasteiger partial charge in [0.1, 0.15) is 6.04 Å². The number of aliphatic hydroxyl groups is 1. The molecule has 1 spiro atoms. The van der Waals surface area contributed by atoms with Gasteiger partial charge in [0.25, 0.3) is 0 Å². The Bertz CT molecular complexity index is 1190. The van der Waals surface area contributed by atoms with Crippen LogP contribution in [-0.4, -0.2) is 80.1 Å². The van der Waals surface area contributed by atoms with Crippen molar-refractivity contribution >= 4 is 29.5 Å². The number of hydrogen-bond donors (Lipinski definition) is 1. The smallest absolute Gasteiger partial charge is 0.310 e. The highest BCUT2D eigenvalue weighted by Gasteiger charge is 2.75. The summed E-state index contributed by atoms with van der Waals surface area (Å²) in [6.07, 6.45) is 7.53. The molecule has 2 bridgehead atoms. The van der Waals surface area contributed by atoms with Gasteiger partial charge in [-0.05, 0) is 63.4 Å². The number of unbranched alkanes of at least 4 members (excludes halogenated alkanes) is 1. The van der Waals surface area contributed by atoms with Gasteiger partial charge in [-0.2, -0.15) is 0 Å². The highest BCUT2D eigenvalue weighted by atomic mass is 32.2. The molecular weight excluding hydrogens is 560 g/mol. The maximum Gasteiger partial charge on any atom is 0.310 e. The largest absolute Gasteiger partial charge is 0.465 e. The van der Waals surface area contributed by atoms with E-state index in [2.05, 4.69) is 47.8 Å². The van der Waals surface area contributed by atoms with Crippen molar-refractivity contribution in [3.8, 4) is 0 Å². The summed E-state index contributed by atoms with van der Waals surface area (Å²) in [4.78, 5) is 46.7. The first-order chi connectivity index (χ1) is 20.3. The maximum absolute atomic E-state index is 15.0. The van der Waals surface area contributed by atoms with Crippen LogP contribution in [0.15, 0.2) is 55.6 Å². The van der Waals surface area contributed by atoms with Crippen molar-refractivity contribution < 1.29 is 24.2 Å². The number of fused-ring (bicyclic) bond motifs is 1. The molecule has 2 unspecified atom stereocenters. The van der Waals surface area contributed by atoms with Crippen LogP contribution in [0.5, 0.6) is 0 Å². The van der Waals surface area contributed by atoms with Gasteiger partial charge in [-0.25, -0.2) is 0 Å². The van der Waals surface area contributed by atoms with E-state index in [0.29, 0.717) is 25.8 Å². The topological polar surface area (TPSA) is 87.1 Å². The van der Waals surface area contributed by atoms with E-state index in [0.717, 1.165) is 24.8 Å². The first kappa shape index (κ1) is 33.3. The van der Waals surface area contributed by atoms with Crippen LogP contribution < -0.4 is 0 Å². The van der Waals surface area contributed by atoms with Gasteiger partial charge in [0.2, 0.25) is 11.8 Å². The number of nitrogens with zero attached hydrogens (tertiary/aromatic N) is 2. The number of amides is 2. The molecule has 7 nitrogen and oxygen atoms in total. The van der Waals surface area contributed by atoms with Crippen LogP contribution in [0.4, 0.5) is 0 Å². The quantitative estimate of drug-likeness (QED) is 0.172. The van der Waals surface area contributed by atoms with Crippen LogP contribution in [0.2, 0.25) is 0 Å². The molecule has 0 saturated carbocycles. The third kappa shape index (κ3) is 6.60. The molecule has 1 N–H and O–H groups in total. The molecule has 0 aliphatic carbocycles. The van der Waals surface area contributed by atoms with Gasteiger partial charge < -0.3 is 19.6 Å². The number of benzene rings is 1. The van der Waals surface area contributed by atoms with Crippen molar-refractivity contribution in [2.75, 3.05) is 19.8 Å². The highest BCUT2D eigenvalue weighted by molar-refractivity contribution is 8.02. The van der Waals surface area contributed by atoms with Gasteiger partial charge in [-0.3, -0.25) is 14.4 Å². The molecule has 43 heavy (non-hydrogen) atoms. The third-order valence-electron chi connectivity index (χ3n) is 9.23. The molecule has 3 saturated heterocycles. The summed E-state index contributed by atoms with van der Waals surface area (Å²) in [6.45, 7) is 18.7. The lowest BCUT2D eigenvalue weighted by atomic mass is 9.71. The third-order valence-corrected chi connectivity index (χ3v) is 11.2. The van der Waals surface area contributed by atoms with Gasteiger partial charge in [0, 0.05) is 17.3 Å². The summed E-state index contributed by atoms with van der Waals surface area (Å²) in [5, 5.41) is 10.7. The predicted octanol–water partition coefficient (Wildman–Crippen LogP) is 5.42. The van der Waals surface area contributed by atoms with Crippen LogP contribution in [-0.2, 0) is 25.5 Å². The van der Waals surface area contributed by atoms with E-state index in [9.17, 15) is 14.7 Å². The summed E-state index contributed by atoms with van der Waals surface area (Å²) in [7, 11) is 0. The van der Waals surface area contributed by atoms with E-state index in [4.69, 9.17) is 4.74 Å². The monoisotopic (exact) mass is 610 g/mol. The molecule has 3 aliphatic rings. The second-order valence-corrected chi connectivity index (χ2v) is 15.8. The van der Waals surface area contributed by atoms with Gasteiger partial charge in [0.15, 0.2) is 0 Å². The Labute approximate surface area is 262 Å². The van der Waals surface area contributed by atoms with Crippen LogP contribution >= 0.6 is 11.8 Å². The zero-order chi connectivity index (χ0) is 31.6. The predicted molar refractivity (Wildman–Crippen MR) is 172 cm³/mol.